The number of carbonyl (C=O) groups is 1. The Morgan fingerprint density at radius 3 is 2.03 bits per heavy atom. The van der Waals surface area contributed by atoms with Gasteiger partial charge in [-0.3, -0.25) is 4.79 Å². The molecule has 1 heterocycles. The van der Waals surface area contributed by atoms with Crippen LogP contribution in [-0.4, -0.2) is 64.7 Å². The molecular weight excluding hydrogens is 821 g/mol. The molecule has 376 valence electrons. The topological polar surface area (TPSA) is 105 Å². The van der Waals surface area contributed by atoms with Gasteiger partial charge in [0.05, 0.1) is 6.10 Å². The van der Waals surface area contributed by atoms with Crippen molar-refractivity contribution in [2.24, 2.45) is 46.3 Å². The number of unbranched alkanes of at least 4 members (excludes halogenated alkanes) is 10. The minimum Gasteiger partial charge on any atom is -0.463 e. The molecule has 3 saturated carbocycles. The summed E-state index contributed by atoms with van der Waals surface area (Å²) < 4.78 is 18.1. The van der Waals surface area contributed by atoms with Crippen LogP contribution in [0.3, 0.4) is 0 Å². The van der Waals surface area contributed by atoms with Gasteiger partial charge in [-0.05, 0) is 143 Å². The lowest BCUT2D eigenvalue weighted by Gasteiger charge is -2.58. The molecule has 13 atom stereocenters. The van der Waals surface area contributed by atoms with Gasteiger partial charge in [-0.2, -0.15) is 0 Å². The van der Waals surface area contributed by atoms with Gasteiger partial charge in [0.25, 0.3) is 0 Å². The fraction of sp³-hybridized carbons (Fsp3) is 0.814. The second kappa shape index (κ2) is 28.6. The maximum atomic E-state index is 12.7. The summed E-state index contributed by atoms with van der Waals surface area (Å²) >= 11 is 0. The van der Waals surface area contributed by atoms with Crippen molar-refractivity contribution in [1.29, 1.82) is 0 Å². The molecule has 13 unspecified atom stereocenters. The van der Waals surface area contributed by atoms with Crippen LogP contribution in [0.1, 0.15) is 215 Å². The van der Waals surface area contributed by atoms with Crippen molar-refractivity contribution in [3.8, 4) is 0 Å². The van der Waals surface area contributed by atoms with Crippen LogP contribution >= 0.6 is 0 Å². The van der Waals surface area contributed by atoms with E-state index in [1.54, 1.807) is 0 Å². The molecule has 7 nitrogen and oxygen atoms in total. The number of allylic oxidation sites excluding steroid dienone is 9. The predicted molar refractivity (Wildman–Crippen MR) is 272 cm³/mol. The van der Waals surface area contributed by atoms with E-state index < -0.39 is 30.7 Å². The molecule has 5 rings (SSSR count). The summed E-state index contributed by atoms with van der Waals surface area (Å²) in [5, 5.41) is 32.6. The summed E-state index contributed by atoms with van der Waals surface area (Å²) in [5.41, 5.74) is 2.13. The normalized spacial score (nSPS) is 34.1. The number of aliphatic hydroxyl groups is 3. The molecule has 0 radical (unpaired) electrons. The monoisotopic (exact) mass is 919 g/mol. The first-order valence-corrected chi connectivity index (χ1v) is 27.7. The highest BCUT2D eigenvalue weighted by Crippen LogP contribution is 2.67. The van der Waals surface area contributed by atoms with Crippen LogP contribution in [0.4, 0.5) is 0 Å². The molecule has 0 amide bonds. The van der Waals surface area contributed by atoms with E-state index in [-0.39, 0.29) is 24.1 Å². The van der Waals surface area contributed by atoms with E-state index in [9.17, 15) is 20.1 Å². The van der Waals surface area contributed by atoms with Crippen molar-refractivity contribution < 1.29 is 34.3 Å². The Kier molecular flexibility index (Phi) is 23.8. The molecule has 0 aromatic rings. The van der Waals surface area contributed by atoms with Crippen molar-refractivity contribution >= 4 is 5.97 Å². The van der Waals surface area contributed by atoms with Gasteiger partial charge in [-0.25, -0.2) is 0 Å². The Balaban J connectivity index is 0.921. The molecule has 7 heteroatoms. The lowest BCUT2D eigenvalue weighted by atomic mass is 9.47. The van der Waals surface area contributed by atoms with E-state index in [1.807, 2.05) is 0 Å². The molecule has 3 N–H and O–H groups in total. The van der Waals surface area contributed by atoms with Gasteiger partial charge < -0.3 is 29.5 Å². The number of aliphatic hydroxyl groups excluding tert-OH is 3. The SMILES string of the molecule is CC/C=C\C/C=C\C/C=C\C/C=C\CCCCCCCCCCCCC(=O)OCC1OC(OC2CCC3(C)C(=CCC4C3CCC3(C)C(C(C)CCCC(C)C)CCC43)C2)C(O)C(O)C1O. The number of carbonyl (C=O) groups excluding carboxylic acids is 1. The molecule has 0 bridgehead atoms. The van der Waals surface area contributed by atoms with Crippen LogP contribution in [0.25, 0.3) is 0 Å². The second-order valence-electron chi connectivity index (χ2n) is 22.6. The summed E-state index contributed by atoms with van der Waals surface area (Å²) in [5.74, 6) is 4.41. The Morgan fingerprint density at radius 2 is 1.36 bits per heavy atom. The lowest BCUT2D eigenvalue weighted by molar-refractivity contribution is -0.313. The van der Waals surface area contributed by atoms with Gasteiger partial charge in [0.2, 0.25) is 0 Å². The van der Waals surface area contributed by atoms with E-state index in [1.165, 1.54) is 102 Å². The molecule has 4 aliphatic carbocycles. The third-order valence-corrected chi connectivity index (χ3v) is 17.4. The minimum absolute atomic E-state index is 0.144. The van der Waals surface area contributed by atoms with Crippen LogP contribution in [0.2, 0.25) is 0 Å². The number of hydrogen-bond donors (Lipinski definition) is 3. The standard InChI is InChI=1S/C59H98O7/c1-7-8-9-10-11-12-13-14-15-16-17-18-19-20-21-22-23-24-25-26-27-28-29-33-53(60)64-43-52-54(61)55(62)56(63)57(66-52)65-47-38-40-58(5)46(42-47)34-35-48-50-37-36-49(45(4)32-30-31-44(2)3)59(50,6)41-39-51(48)58/h8-9,11-12,14-15,17-18,34,44-45,47-52,54-57,61-63H,7,10,13,16,19-33,35-43H2,1-6H3/b9-8-,12-11-,15-14-,18-17-. The first-order chi connectivity index (χ1) is 31.9. The van der Waals surface area contributed by atoms with E-state index in [0.717, 1.165) is 100 Å². The summed E-state index contributed by atoms with van der Waals surface area (Å²) in [6.45, 7) is 14.4. The molecule has 4 fully saturated rings. The summed E-state index contributed by atoms with van der Waals surface area (Å²) in [6.07, 6.45) is 45.0. The Hall–Kier alpha value is -2.03. The summed E-state index contributed by atoms with van der Waals surface area (Å²) in [7, 11) is 0. The van der Waals surface area contributed by atoms with E-state index in [0.29, 0.717) is 17.8 Å². The summed E-state index contributed by atoms with van der Waals surface area (Å²) in [4.78, 5) is 12.7. The number of esters is 1. The second-order valence-corrected chi connectivity index (χ2v) is 22.6. The molecule has 1 aliphatic heterocycles. The first kappa shape index (κ1) is 54.9. The maximum Gasteiger partial charge on any atom is 0.305 e. The zero-order valence-electron chi connectivity index (χ0n) is 42.9. The van der Waals surface area contributed by atoms with Crippen LogP contribution in [0, 0.1) is 46.3 Å². The van der Waals surface area contributed by atoms with E-state index in [4.69, 9.17) is 14.2 Å². The maximum absolute atomic E-state index is 12.7. The molecule has 1 saturated heterocycles. The third-order valence-electron chi connectivity index (χ3n) is 17.4. The Bertz CT molecular complexity index is 1550. The van der Waals surface area contributed by atoms with E-state index in [2.05, 4.69) is 96.2 Å². The molecule has 0 aromatic carbocycles. The number of ether oxygens (including phenoxy) is 3. The predicted octanol–water partition coefficient (Wildman–Crippen LogP) is 14.3. The zero-order chi connectivity index (χ0) is 47.4. The van der Waals surface area contributed by atoms with Crippen LogP contribution in [0.15, 0.2) is 60.3 Å². The highest BCUT2D eigenvalue weighted by atomic mass is 16.7. The smallest absolute Gasteiger partial charge is 0.305 e. The third kappa shape index (κ3) is 16.0. The van der Waals surface area contributed by atoms with Gasteiger partial charge in [0.15, 0.2) is 6.29 Å². The Morgan fingerprint density at radius 1 is 0.727 bits per heavy atom. The van der Waals surface area contributed by atoms with Gasteiger partial charge in [0.1, 0.15) is 31.0 Å². The van der Waals surface area contributed by atoms with Crippen LogP contribution in [-0.2, 0) is 19.0 Å². The molecular formula is C59H98O7. The minimum atomic E-state index is -1.45. The Labute approximate surface area is 403 Å². The highest BCUT2D eigenvalue weighted by Gasteiger charge is 2.59. The molecule has 0 aromatic heterocycles. The van der Waals surface area contributed by atoms with Crippen LogP contribution < -0.4 is 0 Å². The van der Waals surface area contributed by atoms with Crippen molar-refractivity contribution in [2.45, 2.75) is 252 Å². The van der Waals surface area contributed by atoms with Crippen molar-refractivity contribution in [3.05, 3.63) is 60.3 Å². The first-order valence-electron chi connectivity index (χ1n) is 27.7. The van der Waals surface area contributed by atoms with E-state index >= 15 is 0 Å². The van der Waals surface area contributed by atoms with Gasteiger partial charge >= 0.3 is 5.97 Å². The average molecular weight is 919 g/mol. The van der Waals surface area contributed by atoms with Gasteiger partial charge in [0, 0.05) is 6.42 Å². The fourth-order valence-electron chi connectivity index (χ4n) is 13.4. The fourth-order valence-corrected chi connectivity index (χ4v) is 13.4. The largest absolute Gasteiger partial charge is 0.463 e. The number of hydrogen-bond acceptors (Lipinski definition) is 7. The van der Waals surface area contributed by atoms with Crippen LogP contribution in [0.5, 0.6) is 0 Å². The number of fused-ring (bicyclic) bond motifs is 5. The summed E-state index contributed by atoms with van der Waals surface area (Å²) in [6, 6.07) is 0. The molecule has 66 heavy (non-hydrogen) atoms. The van der Waals surface area contributed by atoms with Crippen molar-refractivity contribution in [2.75, 3.05) is 6.61 Å². The average Bonchev–Trinajstić information content (AvgIpc) is 3.66. The quantitative estimate of drug-likeness (QED) is 0.0390. The zero-order valence-corrected chi connectivity index (χ0v) is 42.9. The van der Waals surface area contributed by atoms with Gasteiger partial charge in [-0.1, -0.05) is 172 Å². The molecule has 0 spiro atoms. The van der Waals surface area contributed by atoms with Crippen molar-refractivity contribution in [3.63, 3.8) is 0 Å². The number of rotatable bonds is 29. The lowest BCUT2D eigenvalue weighted by Crippen LogP contribution is -2.60. The van der Waals surface area contributed by atoms with Crippen molar-refractivity contribution in [1.82, 2.24) is 0 Å². The van der Waals surface area contributed by atoms with Gasteiger partial charge in [-0.15, -0.1) is 0 Å². The molecule has 5 aliphatic rings. The highest BCUT2D eigenvalue weighted by molar-refractivity contribution is 5.69.